The van der Waals surface area contributed by atoms with E-state index in [-0.39, 0.29) is 5.41 Å². The van der Waals surface area contributed by atoms with Crippen LogP contribution in [0.4, 0.5) is 0 Å². The molecule has 0 aromatic heterocycles. The molecule has 0 spiro atoms. The lowest BCUT2D eigenvalue weighted by atomic mass is 9.69. The normalized spacial score (nSPS) is 25.6. The lowest BCUT2D eigenvalue weighted by Crippen LogP contribution is -2.38. The second-order valence-corrected chi connectivity index (χ2v) is 12.9. The standard InChI is InChI=1S/C18H34O2Si/c1-9-18(5,19)11-10-16-14(2)12-15(13-17(16,3)4)20-21(6,7)8/h9,15,19H,1,10-13H2,2-8H3/t15?,18-/m0/s1. The van der Waals surface area contributed by atoms with Gasteiger partial charge in [0, 0.05) is 6.10 Å². The molecule has 122 valence electrons. The van der Waals surface area contributed by atoms with Crippen molar-refractivity contribution in [1.82, 2.24) is 0 Å². The van der Waals surface area contributed by atoms with Crippen molar-refractivity contribution >= 4 is 8.32 Å². The lowest BCUT2D eigenvalue weighted by Gasteiger charge is -2.41. The molecule has 2 nitrogen and oxygen atoms in total. The van der Waals surface area contributed by atoms with Gasteiger partial charge in [0.25, 0.3) is 0 Å². The number of aliphatic hydroxyl groups is 1. The van der Waals surface area contributed by atoms with E-state index < -0.39 is 13.9 Å². The van der Waals surface area contributed by atoms with E-state index in [9.17, 15) is 5.11 Å². The first-order valence-corrected chi connectivity index (χ1v) is 11.5. The summed E-state index contributed by atoms with van der Waals surface area (Å²) in [5.41, 5.74) is 2.34. The summed E-state index contributed by atoms with van der Waals surface area (Å²) in [6.45, 7) is 19.2. The van der Waals surface area contributed by atoms with Gasteiger partial charge in [-0.25, -0.2) is 0 Å². The van der Waals surface area contributed by atoms with Crippen LogP contribution >= 0.6 is 0 Å². The molecule has 1 N–H and O–H groups in total. The van der Waals surface area contributed by atoms with Crippen LogP contribution in [0.1, 0.15) is 53.4 Å². The summed E-state index contributed by atoms with van der Waals surface area (Å²) in [5, 5.41) is 10.2. The van der Waals surface area contributed by atoms with Crippen LogP contribution in [0.2, 0.25) is 19.6 Å². The van der Waals surface area contributed by atoms with Crippen LogP contribution in [0.3, 0.4) is 0 Å². The second kappa shape index (κ2) is 6.39. The molecule has 0 fully saturated rings. The molecule has 0 radical (unpaired) electrons. The topological polar surface area (TPSA) is 29.5 Å². The molecule has 2 atom stereocenters. The number of hydrogen-bond acceptors (Lipinski definition) is 2. The highest BCUT2D eigenvalue weighted by Crippen LogP contribution is 2.44. The van der Waals surface area contributed by atoms with Crippen LogP contribution < -0.4 is 0 Å². The molecule has 0 amide bonds. The molecule has 1 unspecified atom stereocenters. The summed E-state index contributed by atoms with van der Waals surface area (Å²) in [4.78, 5) is 0. The SMILES string of the molecule is C=C[C@](C)(O)CCC1=C(C)CC(O[Si](C)(C)C)CC1(C)C. The van der Waals surface area contributed by atoms with Crippen LogP contribution in [0.5, 0.6) is 0 Å². The third kappa shape index (κ3) is 5.72. The minimum absolute atomic E-state index is 0.157. The average molecular weight is 311 g/mol. The maximum absolute atomic E-state index is 10.2. The minimum Gasteiger partial charge on any atom is -0.414 e. The molecule has 0 aromatic rings. The van der Waals surface area contributed by atoms with Crippen molar-refractivity contribution in [3.05, 3.63) is 23.8 Å². The predicted octanol–water partition coefficient (Wildman–Crippen LogP) is 5.06. The Bertz CT molecular complexity index is 413. The van der Waals surface area contributed by atoms with Crippen molar-refractivity contribution in [3.8, 4) is 0 Å². The highest BCUT2D eigenvalue weighted by atomic mass is 28.4. The fraction of sp³-hybridized carbons (Fsp3) is 0.778. The van der Waals surface area contributed by atoms with Gasteiger partial charge < -0.3 is 9.53 Å². The van der Waals surface area contributed by atoms with Gasteiger partial charge in [-0.05, 0) is 64.6 Å². The third-order valence-electron chi connectivity index (χ3n) is 4.45. The molecular weight excluding hydrogens is 276 g/mol. The van der Waals surface area contributed by atoms with E-state index in [1.165, 1.54) is 11.1 Å². The molecule has 0 saturated heterocycles. The molecule has 3 heteroatoms. The van der Waals surface area contributed by atoms with Crippen LogP contribution in [-0.4, -0.2) is 25.1 Å². The summed E-state index contributed by atoms with van der Waals surface area (Å²) in [6, 6.07) is 0. The van der Waals surface area contributed by atoms with Gasteiger partial charge in [0.1, 0.15) is 0 Å². The van der Waals surface area contributed by atoms with Gasteiger partial charge in [-0.15, -0.1) is 6.58 Å². The Morgan fingerprint density at radius 1 is 1.43 bits per heavy atom. The van der Waals surface area contributed by atoms with Gasteiger partial charge in [-0.2, -0.15) is 0 Å². The Kier molecular flexibility index (Phi) is 5.68. The van der Waals surface area contributed by atoms with Crippen molar-refractivity contribution in [3.63, 3.8) is 0 Å². The number of hydrogen-bond donors (Lipinski definition) is 1. The molecule has 1 rings (SSSR count). The first-order chi connectivity index (χ1) is 9.36. The van der Waals surface area contributed by atoms with E-state index >= 15 is 0 Å². The van der Waals surface area contributed by atoms with Crippen LogP contribution in [0, 0.1) is 5.41 Å². The molecule has 1 aliphatic carbocycles. The van der Waals surface area contributed by atoms with Crippen molar-refractivity contribution in [2.45, 2.75) is 84.7 Å². The summed E-state index contributed by atoms with van der Waals surface area (Å²) in [7, 11) is -1.49. The van der Waals surface area contributed by atoms with Crippen molar-refractivity contribution < 1.29 is 9.53 Å². The predicted molar refractivity (Wildman–Crippen MR) is 94.0 cm³/mol. The van der Waals surface area contributed by atoms with Crippen molar-refractivity contribution in [2.75, 3.05) is 0 Å². The third-order valence-corrected chi connectivity index (χ3v) is 5.49. The van der Waals surface area contributed by atoms with E-state index in [2.05, 4.69) is 47.0 Å². The summed E-state index contributed by atoms with van der Waals surface area (Å²) in [6.07, 6.45) is 5.81. The van der Waals surface area contributed by atoms with E-state index in [1.54, 1.807) is 6.08 Å². The molecule has 0 aromatic carbocycles. The first kappa shape index (κ1) is 18.7. The number of allylic oxidation sites excluding steroid dienone is 1. The monoisotopic (exact) mass is 310 g/mol. The van der Waals surface area contributed by atoms with E-state index in [4.69, 9.17) is 4.43 Å². The summed E-state index contributed by atoms with van der Waals surface area (Å²) in [5.74, 6) is 0. The zero-order valence-corrected chi connectivity index (χ0v) is 16.0. The number of rotatable bonds is 6. The molecule has 0 bridgehead atoms. The zero-order chi connectivity index (χ0) is 16.5. The molecule has 21 heavy (non-hydrogen) atoms. The van der Waals surface area contributed by atoms with Crippen LogP contribution in [0.15, 0.2) is 23.8 Å². The van der Waals surface area contributed by atoms with Gasteiger partial charge in [-0.1, -0.05) is 31.1 Å². The Hall–Kier alpha value is -0.383. The van der Waals surface area contributed by atoms with Crippen LogP contribution in [-0.2, 0) is 4.43 Å². The minimum atomic E-state index is -1.49. The maximum atomic E-state index is 10.2. The molecule has 0 aliphatic heterocycles. The van der Waals surface area contributed by atoms with E-state index in [1.807, 2.05) is 6.92 Å². The Balaban J connectivity index is 2.84. The Morgan fingerprint density at radius 2 is 2.00 bits per heavy atom. The Morgan fingerprint density at radius 3 is 2.43 bits per heavy atom. The lowest BCUT2D eigenvalue weighted by molar-refractivity contribution is 0.0954. The first-order valence-electron chi connectivity index (χ1n) is 8.09. The second-order valence-electron chi connectivity index (χ2n) is 8.46. The fourth-order valence-corrected chi connectivity index (χ4v) is 4.59. The molecular formula is C18H34O2Si. The average Bonchev–Trinajstić information content (AvgIpc) is 2.24. The Labute approximate surface area is 132 Å². The van der Waals surface area contributed by atoms with Crippen molar-refractivity contribution in [2.24, 2.45) is 5.41 Å². The molecule has 1 aliphatic rings. The van der Waals surface area contributed by atoms with Gasteiger partial charge in [-0.3, -0.25) is 0 Å². The highest BCUT2D eigenvalue weighted by molar-refractivity contribution is 6.69. The van der Waals surface area contributed by atoms with Gasteiger partial charge in [0.2, 0.25) is 0 Å². The quantitative estimate of drug-likeness (QED) is 0.549. The smallest absolute Gasteiger partial charge is 0.184 e. The van der Waals surface area contributed by atoms with Crippen molar-refractivity contribution in [1.29, 1.82) is 0 Å². The maximum Gasteiger partial charge on any atom is 0.184 e. The molecule has 0 saturated carbocycles. The van der Waals surface area contributed by atoms with Crippen LogP contribution in [0.25, 0.3) is 0 Å². The zero-order valence-electron chi connectivity index (χ0n) is 15.0. The summed E-state index contributed by atoms with van der Waals surface area (Å²) >= 11 is 0. The largest absolute Gasteiger partial charge is 0.414 e. The van der Waals surface area contributed by atoms with Gasteiger partial charge >= 0.3 is 0 Å². The molecule has 0 heterocycles. The summed E-state index contributed by atoms with van der Waals surface area (Å²) < 4.78 is 6.34. The highest BCUT2D eigenvalue weighted by Gasteiger charge is 2.36. The van der Waals surface area contributed by atoms with Gasteiger partial charge in [0.15, 0.2) is 8.32 Å². The van der Waals surface area contributed by atoms with E-state index in [0.717, 1.165) is 25.7 Å². The fourth-order valence-electron chi connectivity index (χ4n) is 3.42. The van der Waals surface area contributed by atoms with Gasteiger partial charge in [0.05, 0.1) is 5.60 Å². The van der Waals surface area contributed by atoms with E-state index in [0.29, 0.717) is 6.10 Å².